The zero-order valence-corrected chi connectivity index (χ0v) is 16.8. The zero-order chi connectivity index (χ0) is 20.8. The van der Waals surface area contributed by atoms with Crippen LogP contribution in [0.3, 0.4) is 0 Å². The Kier molecular flexibility index (Phi) is 6.36. The van der Waals surface area contributed by atoms with Crippen LogP contribution in [-0.2, 0) is 4.79 Å². The first-order chi connectivity index (χ1) is 14.0. The number of ether oxygens (including phenoxy) is 1. The summed E-state index contributed by atoms with van der Waals surface area (Å²) in [5.74, 6) is 0.585. The van der Waals surface area contributed by atoms with Crippen LogP contribution in [-0.4, -0.2) is 28.1 Å². The van der Waals surface area contributed by atoms with Gasteiger partial charge in [-0.15, -0.1) is 0 Å². The average Bonchev–Trinajstić information content (AvgIpc) is 2.72. The molecule has 2 aromatic carbocycles. The molecule has 0 radical (unpaired) electrons. The third-order valence-corrected chi connectivity index (χ3v) is 5.00. The number of hydrogen-bond donors (Lipinski definition) is 3. The molecule has 1 heterocycles. The van der Waals surface area contributed by atoms with Gasteiger partial charge in [0.25, 0.3) is 0 Å². The van der Waals surface area contributed by atoms with Gasteiger partial charge in [-0.2, -0.15) is 0 Å². The van der Waals surface area contributed by atoms with Gasteiger partial charge in [-0.3, -0.25) is 4.79 Å². The van der Waals surface area contributed by atoms with Crippen LogP contribution in [0.5, 0.6) is 11.5 Å². The predicted octanol–water partition coefficient (Wildman–Crippen LogP) is 4.52. The minimum atomic E-state index is -0.252. The van der Waals surface area contributed by atoms with Gasteiger partial charge in [0, 0.05) is 34.1 Å². The highest BCUT2D eigenvalue weighted by Gasteiger charge is 2.09. The van der Waals surface area contributed by atoms with Crippen molar-refractivity contribution >= 4 is 35.0 Å². The van der Waals surface area contributed by atoms with Crippen molar-refractivity contribution in [1.29, 1.82) is 0 Å². The quantitative estimate of drug-likeness (QED) is 0.391. The Morgan fingerprint density at radius 1 is 1.21 bits per heavy atom. The molecule has 3 N–H and O–H groups in total. The second kappa shape index (κ2) is 9.11. The van der Waals surface area contributed by atoms with E-state index in [0.29, 0.717) is 23.1 Å². The smallest absolute Gasteiger partial charge is 0.247 e. The minimum Gasteiger partial charge on any atom is -0.504 e. The summed E-state index contributed by atoms with van der Waals surface area (Å²) in [6.45, 7) is 5.37. The van der Waals surface area contributed by atoms with Gasteiger partial charge in [0.05, 0.1) is 7.11 Å². The second-order valence-corrected chi connectivity index (χ2v) is 7.08. The predicted molar refractivity (Wildman–Crippen MR) is 114 cm³/mol. The van der Waals surface area contributed by atoms with Crippen molar-refractivity contribution in [3.8, 4) is 11.5 Å². The summed E-state index contributed by atoms with van der Waals surface area (Å²) in [7, 11) is 1.49. The van der Waals surface area contributed by atoms with Crippen molar-refractivity contribution in [2.24, 2.45) is 0 Å². The molecule has 0 aliphatic heterocycles. The van der Waals surface area contributed by atoms with Crippen molar-refractivity contribution in [1.82, 2.24) is 9.97 Å². The maximum Gasteiger partial charge on any atom is 0.247 e. The van der Waals surface area contributed by atoms with Crippen LogP contribution in [0.25, 0.3) is 0 Å². The SMILES string of the molecule is C=CC(=O)Nc1ccc(Sc2nc(Nc3ccc(OC)c(O)c3)ncc2C)cc1. The van der Waals surface area contributed by atoms with Gasteiger partial charge in [0.2, 0.25) is 11.9 Å². The Bertz CT molecular complexity index is 1040. The standard InChI is InChI=1S/C21H20N4O3S/c1-4-19(27)23-14-5-8-16(9-6-14)29-20-13(2)12-22-21(25-20)24-15-7-10-18(28-3)17(26)11-15/h4-12,26H,1H2,2-3H3,(H,23,27)(H,22,24,25). The third-order valence-electron chi connectivity index (χ3n) is 3.88. The van der Waals surface area contributed by atoms with E-state index in [0.717, 1.165) is 15.5 Å². The Labute approximate surface area is 172 Å². The fraction of sp³-hybridized carbons (Fsp3) is 0.0952. The summed E-state index contributed by atoms with van der Waals surface area (Å²) < 4.78 is 5.05. The molecule has 29 heavy (non-hydrogen) atoms. The largest absolute Gasteiger partial charge is 0.504 e. The highest BCUT2D eigenvalue weighted by molar-refractivity contribution is 7.99. The van der Waals surface area contributed by atoms with Gasteiger partial charge in [-0.25, -0.2) is 9.97 Å². The van der Waals surface area contributed by atoms with Crippen molar-refractivity contribution in [3.63, 3.8) is 0 Å². The molecule has 7 nitrogen and oxygen atoms in total. The lowest BCUT2D eigenvalue weighted by molar-refractivity contribution is -0.111. The summed E-state index contributed by atoms with van der Waals surface area (Å²) in [5, 5.41) is 16.5. The highest BCUT2D eigenvalue weighted by Crippen LogP contribution is 2.32. The number of phenols is 1. The molecule has 1 amide bonds. The Hall–Kier alpha value is -3.52. The van der Waals surface area contributed by atoms with E-state index in [1.165, 1.54) is 24.9 Å². The Morgan fingerprint density at radius 2 is 1.93 bits per heavy atom. The molecule has 0 bridgehead atoms. The van der Waals surface area contributed by atoms with Gasteiger partial charge in [-0.05, 0) is 49.4 Å². The molecule has 8 heteroatoms. The number of amides is 1. The summed E-state index contributed by atoms with van der Waals surface area (Å²) in [6, 6.07) is 12.4. The fourth-order valence-corrected chi connectivity index (χ4v) is 3.24. The fourth-order valence-electron chi connectivity index (χ4n) is 2.40. The zero-order valence-electron chi connectivity index (χ0n) is 16.0. The summed E-state index contributed by atoms with van der Waals surface area (Å²) >= 11 is 1.49. The number of anilines is 3. The first-order valence-electron chi connectivity index (χ1n) is 8.67. The van der Waals surface area contributed by atoms with Gasteiger partial charge in [-0.1, -0.05) is 18.3 Å². The van der Waals surface area contributed by atoms with Crippen molar-refractivity contribution in [3.05, 3.63) is 66.9 Å². The van der Waals surface area contributed by atoms with E-state index in [4.69, 9.17) is 4.74 Å². The number of carbonyl (C=O) groups excluding carboxylic acids is 1. The number of nitrogens with zero attached hydrogens (tertiary/aromatic N) is 2. The number of phenolic OH excluding ortho intramolecular Hbond substituents is 1. The molecule has 3 rings (SSSR count). The summed E-state index contributed by atoms with van der Waals surface area (Å²) in [6.07, 6.45) is 2.96. The van der Waals surface area contributed by atoms with Gasteiger partial charge in [0.1, 0.15) is 5.03 Å². The van der Waals surface area contributed by atoms with Crippen LogP contribution in [0.4, 0.5) is 17.3 Å². The number of nitrogens with one attached hydrogen (secondary N) is 2. The third kappa shape index (κ3) is 5.26. The topological polar surface area (TPSA) is 96.4 Å². The number of hydrogen-bond acceptors (Lipinski definition) is 7. The monoisotopic (exact) mass is 408 g/mol. The molecule has 0 unspecified atom stereocenters. The molecular formula is C21H20N4O3S. The van der Waals surface area contributed by atoms with Crippen molar-refractivity contribution in [2.75, 3.05) is 17.7 Å². The van der Waals surface area contributed by atoms with Crippen molar-refractivity contribution < 1.29 is 14.6 Å². The number of aryl methyl sites for hydroxylation is 1. The van der Waals surface area contributed by atoms with E-state index in [1.807, 2.05) is 31.2 Å². The highest BCUT2D eigenvalue weighted by atomic mass is 32.2. The molecule has 0 saturated carbocycles. The van der Waals surface area contributed by atoms with Gasteiger partial charge >= 0.3 is 0 Å². The van der Waals surface area contributed by atoms with E-state index in [1.54, 1.807) is 24.4 Å². The second-order valence-electron chi connectivity index (χ2n) is 6.01. The number of aromatic hydroxyl groups is 1. The molecule has 3 aromatic rings. The summed E-state index contributed by atoms with van der Waals surface area (Å²) in [4.78, 5) is 21.2. The molecule has 0 atom stereocenters. The van der Waals surface area contributed by atoms with Crippen LogP contribution in [0, 0.1) is 6.92 Å². The summed E-state index contributed by atoms with van der Waals surface area (Å²) in [5.41, 5.74) is 2.27. The van der Waals surface area contributed by atoms with Crippen LogP contribution in [0.2, 0.25) is 0 Å². The number of methoxy groups -OCH3 is 1. The first-order valence-corrected chi connectivity index (χ1v) is 9.49. The van der Waals surface area contributed by atoms with Crippen LogP contribution < -0.4 is 15.4 Å². The number of rotatable bonds is 7. The van der Waals surface area contributed by atoms with Crippen LogP contribution >= 0.6 is 11.8 Å². The minimum absolute atomic E-state index is 0.0304. The van der Waals surface area contributed by atoms with E-state index in [-0.39, 0.29) is 11.7 Å². The Morgan fingerprint density at radius 3 is 2.59 bits per heavy atom. The Balaban J connectivity index is 1.74. The lowest BCUT2D eigenvalue weighted by Gasteiger charge is -2.10. The lowest BCUT2D eigenvalue weighted by atomic mass is 10.3. The van der Waals surface area contributed by atoms with Gasteiger partial charge < -0.3 is 20.5 Å². The molecular weight excluding hydrogens is 388 g/mol. The number of carbonyl (C=O) groups is 1. The van der Waals surface area contributed by atoms with Gasteiger partial charge in [0.15, 0.2) is 11.5 Å². The van der Waals surface area contributed by atoms with E-state index in [2.05, 4.69) is 27.2 Å². The molecule has 0 saturated heterocycles. The maximum absolute atomic E-state index is 11.4. The molecule has 0 aliphatic rings. The number of benzene rings is 2. The van der Waals surface area contributed by atoms with Crippen molar-refractivity contribution in [2.45, 2.75) is 16.8 Å². The van der Waals surface area contributed by atoms with Crippen LogP contribution in [0.1, 0.15) is 5.56 Å². The molecule has 0 fully saturated rings. The normalized spacial score (nSPS) is 10.3. The van der Waals surface area contributed by atoms with E-state index >= 15 is 0 Å². The molecule has 0 aliphatic carbocycles. The molecule has 0 spiro atoms. The molecule has 1 aromatic heterocycles. The van der Waals surface area contributed by atoms with E-state index in [9.17, 15) is 9.90 Å². The first kappa shape index (κ1) is 20.2. The van der Waals surface area contributed by atoms with E-state index < -0.39 is 0 Å². The number of aromatic nitrogens is 2. The maximum atomic E-state index is 11.4. The van der Waals surface area contributed by atoms with Crippen LogP contribution in [0.15, 0.2) is 71.2 Å². The lowest BCUT2D eigenvalue weighted by Crippen LogP contribution is -2.06. The molecule has 148 valence electrons. The average molecular weight is 408 g/mol.